The fourth-order valence-corrected chi connectivity index (χ4v) is 2.98. The Morgan fingerprint density at radius 2 is 2.41 bits per heavy atom. The van der Waals surface area contributed by atoms with Gasteiger partial charge in [-0.05, 0) is 14.0 Å². The van der Waals surface area contributed by atoms with E-state index < -0.39 is 0 Å². The number of likely N-dealkylation sites (N-methyl/N-ethyl adjacent to an activating group) is 1. The molecule has 0 aliphatic carbocycles. The van der Waals surface area contributed by atoms with Crippen LogP contribution in [0, 0.1) is 6.92 Å². The number of nitrogens with zero attached hydrogens (tertiary/aromatic N) is 4. The number of hydrogen-bond acceptors (Lipinski definition) is 5. The minimum Gasteiger partial charge on any atom is -0.374 e. The summed E-state index contributed by atoms with van der Waals surface area (Å²) in [5.41, 5.74) is 1.08. The zero-order valence-corrected chi connectivity index (χ0v) is 16.9. The van der Waals surface area contributed by atoms with E-state index in [9.17, 15) is 0 Å². The first-order valence-electron chi connectivity index (χ1n) is 7.21. The number of thiazole rings is 1. The van der Waals surface area contributed by atoms with Crippen molar-refractivity contribution in [2.24, 2.45) is 4.99 Å². The first kappa shape index (κ1) is 19.6. The molecule has 1 aromatic rings. The number of nitrogens with one attached hydrogen (secondary N) is 1. The first-order chi connectivity index (χ1) is 10.1. The van der Waals surface area contributed by atoms with Crippen molar-refractivity contribution in [2.45, 2.75) is 19.6 Å². The number of halogens is 1. The second-order valence-electron chi connectivity index (χ2n) is 5.40. The molecule has 1 saturated heterocycles. The molecule has 1 unspecified atom stereocenters. The highest BCUT2D eigenvalue weighted by atomic mass is 127. The van der Waals surface area contributed by atoms with Crippen molar-refractivity contribution in [3.8, 4) is 0 Å². The van der Waals surface area contributed by atoms with Gasteiger partial charge in [0.05, 0.1) is 30.0 Å². The Morgan fingerprint density at radius 1 is 1.64 bits per heavy atom. The van der Waals surface area contributed by atoms with Gasteiger partial charge in [-0.25, -0.2) is 4.98 Å². The van der Waals surface area contributed by atoms with Gasteiger partial charge < -0.3 is 19.9 Å². The van der Waals surface area contributed by atoms with Gasteiger partial charge in [-0.2, -0.15) is 0 Å². The van der Waals surface area contributed by atoms with Crippen molar-refractivity contribution in [3.63, 3.8) is 0 Å². The van der Waals surface area contributed by atoms with Gasteiger partial charge in [-0.1, -0.05) is 0 Å². The van der Waals surface area contributed by atoms with E-state index in [-0.39, 0.29) is 30.1 Å². The minimum absolute atomic E-state index is 0. The molecule has 0 amide bonds. The molecular weight excluding hydrogens is 413 g/mol. The number of aliphatic imine (C=N–C) groups is 1. The summed E-state index contributed by atoms with van der Waals surface area (Å²) >= 11 is 1.68. The van der Waals surface area contributed by atoms with Crippen LogP contribution < -0.4 is 5.32 Å². The van der Waals surface area contributed by atoms with Crippen LogP contribution in [0.4, 0.5) is 0 Å². The second-order valence-corrected chi connectivity index (χ2v) is 6.46. The molecule has 2 rings (SSSR count). The molecule has 0 radical (unpaired) electrons. The number of hydrogen-bond donors (Lipinski definition) is 1. The summed E-state index contributed by atoms with van der Waals surface area (Å²) in [5.74, 6) is 0.873. The van der Waals surface area contributed by atoms with Gasteiger partial charge in [-0.3, -0.25) is 4.99 Å². The summed E-state index contributed by atoms with van der Waals surface area (Å²) in [6.45, 7) is 6.33. The van der Waals surface area contributed by atoms with Gasteiger partial charge in [0.2, 0.25) is 0 Å². The molecule has 0 spiro atoms. The first-order valence-corrected chi connectivity index (χ1v) is 8.09. The molecule has 2 heterocycles. The topological polar surface area (TPSA) is 53.0 Å². The summed E-state index contributed by atoms with van der Waals surface area (Å²) in [6.07, 6.45) is 0.218. The summed E-state index contributed by atoms with van der Waals surface area (Å²) < 4.78 is 5.76. The fraction of sp³-hybridized carbons (Fsp3) is 0.714. The van der Waals surface area contributed by atoms with Crippen LogP contribution in [0.25, 0.3) is 0 Å². The molecular formula is C14H26IN5OS. The molecule has 1 aliphatic rings. The minimum atomic E-state index is 0. The highest BCUT2D eigenvalue weighted by Crippen LogP contribution is 2.10. The molecule has 126 valence electrons. The maximum atomic E-state index is 5.76. The second kappa shape index (κ2) is 9.64. The van der Waals surface area contributed by atoms with E-state index in [2.05, 4.69) is 37.5 Å². The summed E-state index contributed by atoms with van der Waals surface area (Å²) in [5, 5.41) is 6.58. The SMILES string of the molecule is CN=C(NCC1CN(C)CCO1)N(C)Cc1csc(C)n1.I. The predicted molar refractivity (Wildman–Crippen MR) is 102 cm³/mol. The molecule has 1 aliphatic heterocycles. The van der Waals surface area contributed by atoms with Crippen molar-refractivity contribution >= 4 is 41.3 Å². The quantitative estimate of drug-likeness (QED) is 0.437. The Kier molecular flexibility index (Phi) is 8.58. The third-order valence-electron chi connectivity index (χ3n) is 3.47. The molecule has 1 fully saturated rings. The van der Waals surface area contributed by atoms with Gasteiger partial charge in [0.15, 0.2) is 5.96 Å². The van der Waals surface area contributed by atoms with E-state index in [1.165, 1.54) is 0 Å². The lowest BCUT2D eigenvalue weighted by atomic mass is 10.3. The van der Waals surface area contributed by atoms with Crippen LogP contribution in [0.1, 0.15) is 10.7 Å². The van der Waals surface area contributed by atoms with Crippen LogP contribution in [0.2, 0.25) is 0 Å². The highest BCUT2D eigenvalue weighted by molar-refractivity contribution is 14.0. The van der Waals surface area contributed by atoms with E-state index in [1.807, 2.05) is 14.0 Å². The smallest absolute Gasteiger partial charge is 0.193 e. The monoisotopic (exact) mass is 439 g/mol. The van der Waals surface area contributed by atoms with Gasteiger partial charge >= 0.3 is 0 Å². The molecule has 22 heavy (non-hydrogen) atoms. The lowest BCUT2D eigenvalue weighted by molar-refractivity contribution is -0.0163. The van der Waals surface area contributed by atoms with Crippen LogP contribution in [0.3, 0.4) is 0 Å². The molecule has 0 aromatic carbocycles. The number of guanidine groups is 1. The van der Waals surface area contributed by atoms with Crippen molar-refractivity contribution in [2.75, 3.05) is 47.4 Å². The summed E-state index contributed by atoms with van der Waals surface area (Å²) in [6, 6.07) is 0. The van der Waals surface area contributed by atoms with Crippen molar-refractivity contribution in [3.05, 3.63) is 16.1 Å². The lowest BCUT2D eigenvalue weighted by Gasteiger charge is -2.31. The van der Waals surface area contributed by atoms with Gasteiger partial charge in [0.1, 0.15) is 0 Å². The average Bonchev–Trinajstić information content (AvgIpc) is 2.85. The molecule has 1 aromatic heterocycles. The molecule has 1 atom stereocenters. The van der Waals surface area contributed by atoms with Crippen molar-refractivity contribution in [1.29, 1.82) is 0 Å². The number of aromatic nitrogens is 1. The molecule has 0 bridgehead atoms. The fourth-order valence-electron chi connectivity index (χ4n) is 2.38. The molecule has 1 N–H and O–H groups in total. The van der Waals surface area contributed by atoms with Crippen molar-refractivity contribution < 1.29 is 4.74 Å². The summed E-state index contributed by atoms with van der Waals surface area (Å²) in [7, 11) is 5.96. The standard InChI is InChI=1S/C14H25N5OS.HI/c1-11-17-12(10-21-11)8-19(4)14(15-2)16-7-13-9-18(3)5-6-20-13;/h10,13H,5-9H2,1-4H3,(H,15,16);1H. The zero-order valence-electron chi connectivity index (χ0n) is 13.7. The normalized spacial score (nSPS) is 19.6. The Hall–Kier alpha value is -0.450. The van der Waals surface area contributed by atoms with E-state index in [0.717, 1.165) is 49.4 Å². The van der Waals surface area contributed by atoms with E-state index in [4.69, 9.17) is 4.74 Å². The average molecular weight is 439 g/mol. The maximum absolute atomic E-state index is 5.76. The molecule has 8 heteroatoms. The van der Waals surface area contributed by atoms with Crippen LogP contribution in [0.5, 0.6) is 0 Å². The van der Waals surface area contributed by atoms with E-state index >= 15 is 0 Å². The van der Waals surface area contributed by atoms with Gasteiger partial charge in [0.25, 0.3) is 0 Å². The predicted octanol–water partition coefficient (Wildman–Crippen LogP) is 1.41. The Labute approximate surface area is 154 Å². The Balaban J connectivity index is 0.00000242. The number of morpholine rings is 1. The molecule has 0 saturated carbocycles. The Morgan fingerprint density at radius 3 is 3.00 bits per heavy atom. The Bertz CT molecular complexity index is 482. The number of aryl methyl sites for hydroxylation is 1. The maximum Gasteiger partial charge on any atom is 0.193 e. The highest BCUT2D eigenvalue weighted by Gasteiger charge is 2.18. The van der Waals surface area contributed by atoms with Crippen LogP contribution in [-0.2, 0) is 11.3 Å². The molecule has 6 nitrogen and oxygen atoms in total. The van der Waals surface area contributed by atoms with Crippen LogP contribution in [-0.4, -0.2) is 74.2 Å². The van der Waals surface area contributed by atoms with Crippen molar-refractivity contribution in [1.82, 2.24) is 20.1 Å². The van der Waals surface area contributed by atoms with E-state index in [0.29, 0.717) is 0 Å². The van der Waals surface area contributed by atoms with Crippen LogP contribution in [0.15, 0.2) is 10.4 Å². The largest absolute Gasteiger partial charge is 0.374 e. The zero-order chi connectivity index (χ0) is 15.2. The summed E-state index contributed by atoms with van der Waals surface area (Å²) in [4.78, 5) is 13.2. The van der Waals surface area contributed by atoms with Crippen LogP contribution >= 0.6 is 35.3 Å². The third-order valence-corrected chi connectivity index (χ3v) is 4.29. The van der Waals surface area contributed by atoms with Gasteiger partial charge in [-0.15, -0.1) is 35.3 Å². The number of ether oxygens (including phenoxy) is 1. The number of rotatable bonds is 4. The van der Waals surface area contributed by atoms with Gasteiger partial charge in [0, 0.05) is 39.1 Å². The van der Waals surface area contributed by atoms with E-state index in [1.54, 1.807) is 18.4 Å². The lowest BCUT2D eigenvalue weighted by Crippen LogP contribution is -2.48. The third kappa shape index (κ3) is 5.98.